The van der Waals surface area contributed by atoms with Crippen LogP contribution < -0.4 is 10.2 Å². The molecule has 1 saturated heterocycles. The first-order valence-corrected chi connectivity index (χ1v) is 10.6. The maximum Gasteiger partial charge on any atom is 0.415 e. The SMILES string of the molecule is CN(C)CCN(C)C(=O)Oc1cc(F)ccc1/C=C1\SC(N2CCCCN2)=NC1=O. The van der Waals surface area contributed by atoms with Gasteiger partial charge in [0.1, 0.15) is 11.6 Å². The van der Waals surface area contributed by atoms with Crippen LogP contribution in [0.4, 0.5) is 9.18 Å². The van der Waals surface area contributed by atoms with E-state index >= 15 is 0 Å². The van der Waals surface area contributed by atoms with Crippen molar-refractivity contribution in [1.29, 1.82) is 0 Å². The van der Waals surface area contributed by atoms with E-state index in [-0.39, 0.29) is 11.7 Å². The third-order valence-electron chi connectivity index (χ3n) is 4.61. The normalized spacial score (nSPS) is 18.2. The Kier molecular flexibility index (Phi) is 7.46. The summed E-state index contributed by atoms with van der Waals surface area (Å²) >= 11 is 1.24. The van der Waals surface area contributed by atoms with Gasteiger partial charge in [-0.05, 0) is 56.9 Å². The van der Waals surface area contributed by atoms with Crippen molar-refractivity contribution in [3.05, 3.63) is 34.5 Å². The van der Waals surface area contributed by atoms with Gasteiger partial charge in [0.05, 0.1) is 4.91 Å². The molecule has 2 aliphatic rings. The van der Waals surface area contributed by atoms with Gasteiger partial charge in [-0.2, -0.15) is 4.99 Å². The smallest absolute Gasteiger partial charge is 0.409 e. The van der Waals surface area contributed by atoms with Crippen LogP contribution in [-0.2, 0) is 4.79 Å². The average Bonchev–Trinajstić information content (AvgIpc) is 3.09. The highest BCUT2D eigenvalue weighted by atomic mass is 32.2. The molecule has 1 N–H and O–H groups in total. The Morgan fingerprint density at radius 2 is 2.13 bits per heavy atom. The van der Waals surface area contributed by atoms with Crippen LogP contribution in [0.25, 0.3) is 6.08 Å². The minimum atomic E-state index is -0.595. The molecule has 0 atom stereocenters. The van der Waals surface area contributed by atoms with Gasteiger partial charge in [-0.15, -0.1) is 0 Å². The number of carbonyl (C=O) groups is 2. The van der Waals surface area contributed by atoms with Gasteiger partial charge in [0.2, 0.25) is 0 Å². The van der Waals surface area contributed by atoms with Gasteiger partial charge in [0.25, 0.3) is 5.91 Å². The van der Waals surface area contributed by atoms with Crippen molar-refractivity contribution in [2.24, 2.45) is 4.99 Å². The van der Waals surface area contributed by atoms with Crippen molar-refractivity contribution in [2.45, 2.75) is 12.8 Å². The number of halogens is 1. The predicted molar refractivity (Wildman–Crippen MR) is 116 cm³/mol. The fourth-order valence-corrected chi connectivity index (χ4v) is 3.75. The summed E-state index contributed by atoms with van der Waals surface area (Å²) in [6.07, 6.45) is 3.09. The Morgan fingerprint density at radius 1 is 1.33 bits per heavy atom. The maximum atomic E-state index is 13.8. The molecule has 0 radical (unpaired) electrons. The molecule has 1 aromatic rings. The monoisotopic (exact) mass is 435 g/mol. The lowest BCUT2D eigenvalue weighted by atomic mass is 10.2. The number of hydrogen-bond acceptors (Lipinski definition) is 7. The van der Waals surface area contributed by atoms with E-state index in [0.29, 0.717) is 28.7 Å². The van der Waals surface area contributed by atoms with Crippen LogP contribution in [-0.4, -0.2) is 79.3 Å². The Bertz CT molecular complexity index is 868. The lowest BCUT2D eigenvalue weighted by Gasteiger charge is -2.28. The zero-order valence-corrected chi connectivity index (χ0v) is 18.2. The van der Waals surface area contributed by atoms with Crippen molar-refractivity contribution in [1.82, 2.24) is 20.2 Å². The number of amidine groups is 1. The van der Waals surface area contributed by atoms with Crippen molar-refractivity contribution < 1.29 is 18.7 Å². The predicted octanol–water partition coefficient (Wildman–Crippen LogP) is 2.39. The summed E-state index contributed by atoms with van der Waals surface area (Å²) in [4.78, 5) is 32.6. The molecule has 0 bridgehead atoms. The second kappa shape index (κ2) is 10.1. The molecule has 0 aromatic heterocycles. The number of carbonyl (C=O) groups excluding carboxylic acids is 2. The fourth-order valence-electron chi connectivity index (χ4n) is 2.84. The van der Waals surface area contributed by atoms with E-state index in [1.54, 1.807) is 13.1 Å². The van der Waals surface area contributed by atoms with Crippen LogP contribution in [0, 0.1) is 5.82 Å². The number of benzene rings is 1. The van der Waals surface area contributed by atoms with Gasteiger partial charge in [-0.25, -0.2) is 14.6 Å². The van der Waals surface area contributed by atoms with Crippen LogP contribution in [0.3, 0.4) is 0 Å². The van der Waals surface area contributed by atoms with Gasteiger partial charge in [0.15, 0.2) is 5.17 Å². The average molecular weight is 436 g/mol. The molecular formula is C20H26FN5O3S. The molecule has 30 heavy (non-hydrogen) atoms. The van der Waals surface area contributed by atoms with Crippen molar-refractivity contribution in [3.8, 4) is 5.75 Å². The van der Waals surface area contributed by atoms with Crippen LogP contribution >= 0.6 is 11.8 Å². The molecule has 0 aliphatic carbocycles. The molecule has 0 spiro atoms. The third-order valence-corrected chi connectivity index (χ3v) is 5.61. The van der Waals surface area contributed by atoms with Crippen molar-refractivity contribution >= 4 is 35.0 Å². The number of thioether (sulfide) groups is 1. The minimum Gasteiger partial charge on any atom is -0.409 e. The number of hydrogen-bond donors (Lipinski definition) is 1. The van der Waals surface area contributed by atoms with Crippen LogP contribution in [0.2, 0.25) is 0 Å². The second-order valence-corrected chi connectivity index (χ2v) is 8.36. The topological polar surface area (TPSA) is 77.5 Å². The molecule has 10 heteroatoms. The number of hydrazine groups is 1. The Balaban J connectivity index is 1.73. The van der Waals surface area contributed by atoms with Gasteiger partial charge < -0.3 is 14.5 Å². The number of likely N-dealkylation sites (N-methyl/N-ethyl adjacent to an activating group) is 2. The lowest BCUT2D eigenvalue weighted by molar-refractivity contribution is -0.113. The van der Waals surface area contributed by atoms with Crippen molar-refractivity contribution in [3.63, 3.8) is 0 Å². The van der Waals surface area contributed by atoms with Crippen molar-refractivity contribution in [2.75, 3.05) is 47.3 Å². The summed E-state index contributed by atoms with van der Waals surface area (Å²) in [5, 5.41) is 2.47. The van der Waals surface area contributed by atoms with E-state index in [9.17, 15) is 14.0 Å². The van der Waals surface area contributed by atoms with E-state index in [0.717, 1.165) is 32.0 Å². The molecule has 1 fully saturated rings. The molecule has 2 amide bonds. The minimum absolute atomic E-state index is 0.0575. The number of nitrogens with zero attached hydrogens (tertiary/aromatic N) is 4. The van der Waals surface area contributed by atoms with E-state index in [1.807, 2.05) is 24.0 Å². The second-order valence-electron chi connectivity index (χ2n) is 7.35. The highest BCUT2D eigenvalue weighted by Crippen LogP contribution is 2.33. The van der Waals surface area contributed by atoms with Crippen LogP contribution in [0.5, 0.6) is 5.75 Å². The Morgan fingerprint density at radius 3 is 2.83 bits per heavy atom. The molecule has 1 aromatic carbocycles. The third kappa shape index (κ3) is 5.80. The number of rotatable bonds is 5. The molecule has 8 nitrogen and oxygen atoms in total. The summed E-state index contributed by atoms with van der Waals surface area (Å²) in [6.45, 7) is 2.75. The van der Waals surface area contributed by atoms with Gasteiger partial charge in [-0.1, -0.05) is 0 Å². The summed E-state index contributed by atoms with van der Waals surface area (Å²) < 4.78 is 19.2. The number of ether oxygens (including phenoxy) is 1. The molecule has 0 unspecified atom stereocenters. The molecular weight excluding hydrogens is 409 g/mol. The molecule has 162 valence electrons. The first kappa shape index (κ1) is 22.3. The number of nitrogens with one attached hydrogen (secondary N) is 1. The number of aliphatic imine (C=N–C) groups is 1. The molecule has 3 rings (SSSR count). The maximum absolute atomic E-state index is 13.8. The number of amides is 2. The van der Waals surface area contributed by atoms with E-state index < -0.39 is 11.9 Å². The molecule has 2 heterocycles. The van der Waals surface area contributed by atoms with E-state index in [2.05, 4.69) is 10.4 Å². The summed E-state index contributed by atoms with van der Waals surface area (Å²) in [5.74, 6) is -0.843. The first-order chi connectivity index (χ1) is 14.3. The summed E-state index contributed by atoms with van der Waals surface area (Å²) in [5.41, 5.74) is 3.65. The lowest BCUT2D eigenvalue weighted by Crippen LogP contribution is -2.45. The standard InChI is InChI=1S/C20H26FN5O3S/c1-24(2)10-11-25(3)20(28)29-16-13-15(21)7-6-14(16)12-17-18(27)23-19(30-17)26-9-5-4-8-22-26/h6-7,12-13,22H,4-5,8-11H2,1-3H3/b17-12-. The van der Waals surface area contributed by atoms with E-state index in [4.69, 9.17) is 4.74 Å². The fraction of sp³-hybridized carbons (Fsp3) is 0.450. The van der Waals surface area contributed by atoms with E-state index in [1.165, 1.54) is 28.8 Å². The summed E-state index contributed by atoms with van der Waals surface area (Å²) in [6, 6.07) is 3.88. The Hall–Kier alpha value is -2.43. The zero-order chi connectivity index (χ0) is 21.7. The Labute approximate surface area is 179 Å². The summed E-state index contributed by atoms with van der Waals surface area (Å²) in [7, 11) is 5.43. The quantitative estimate of drug-likeness (QED) is 0.712. The molecule has 2 aliphatic heterocycles. The van der Waals surface area contributed by atoms with Crippen LogP contribution in [0.15, 0.2) is 28.1 Å². The van der Waals surface area contributed by atoms with Gasteiger partial charge in [0, 0.05) is 44.9 Å². The molecule has 0 saturated carbocycles. The highest BCUT2D eigenvalue weighted by molar-refractivity contribution is 8.18. The van der Waals surface area contributed by atoms with Gasteiger partial charge in [-0.3, -0.25) is 9.80 Å². The largest absolute Gasteiger partial charge is 0.415 e. The highest BCUT2D eigenvalue weighted by Gasteiger charge is 2.27. The van der Waals surface area contributed by atoms with Gasteiger partial charge >= 0.3 is 6.09 Å². The zero-order valence-electron chi connectivity index (χ0n) is 17.4. The first-order valence-electron chi connectivity index (χ1n) is 9.74. The van der Waals surface area contributed by atoms with Crippen LogP contribution in [0.1, 0.15) is 18.4 Å².